The lowest BCUT2D eigenvalue weighted by molar-refractivity contribution is -0.124. The van der Waals surface area contributed by atoms with Crippen LogP contribution in [-0.4, -0.2) is 54.3 Å². The molecular weight excluding hydrogens is 362 g/mol. The Hall–Kier alpha value is -3.52. The van der Waals surface area contributed by atoms with Crippen molar-refractivity contribution in [2.24, 2.45) is 0 Å². The lowest BCUT2D eigenvalue weighted by Gasteiger charge is -2.19. The zero-order valence-corrected chi connectivity index (χ0v) is 15.0. The number of carbonyl (C=O) groups excluding carboxylic acids is 4. The average Bonchev–Trinajstić information content (AvgIpc) is 3.34. The fourth-order valence-corrected chi connectivity index (χ4v) is 3.47. The van der Waals surface area contributed by atoms with Crippen LogP contribution in [0.4, 0.5) is 11.4 Å². The standard InChI is InChI=1S/C20H17N3O5/c1-28-20(27)13-9-5-6-10-14(13)21-15(24)11-22-16-17(22)19(26)23(18(16)25)12-7-3-2-4-8-12/h2-10,16-17H,11H2,1H3,(H,21,24). The smallest absolute Gasteiger partial charge is 0.339 e. The first-order valence-corrected chi connectivity index (χ1v) is 8.68. The maximum atomic E-state index is 12.6. The highest BCUT2D eigenvalue weighted by atomic mass is 16.5. The second kappa shape index (κ2) is 6.90. The Bertz CT molecular complexity index is 953. The van der Waals surface area contributed by atoms with Crippen LogP contribution in [0.3, 0.4) is 0 Å². The molecule has 2 atom stereocenters. The summed E-state index contributed by atoms with van der Waals surface area (Å²) in [4.78, 5) is 52.0. The number of para-hydroxylation sites is 2. The van der Waals surface area contributed by atoms with Crippen molar-refractivity contribution in [2.75, 3.05) is 23.9 Å². The zero-order chi connectivity index (χ0) is 19.8. The number of nitrogens with one attached hydrogen (secondary N) is 1. The van der Waals surface area contributed by atoms with Gasteiger partial charge in [0.2, 0.25) is 5.91 Å². The van der Waals surface area contributed by atoms with Crippen molar-refractivity contribution in [3.8, 4) is 0 Å². The minimum absolute atomic E-state index is 0.120. The van der Waals surface area contributed by atoms with Gasteiger partial charge in [-0.15, -0.1) is 0 Å². The van der Waals surface area contributed by atoms with Gasteiger partial charge >= 0.3 is 5.97 Å². The molecule has 2 aromatic carbocycles. The molecule has 2 fully saturated rings. The Balaban J connectivity index is 1.42. The lowest BCUT2D eigenvalue weighted by Crippen LogP contribution is -2.40. The van der Waals surface area contributed by atoms with Crippen molar-refractivity contribution < 1.29 is 23.9 Å². The van der Waals surface area contributed by atoms with Crippen LogP contribution in [0.25, 0.3) is 0 Å². The number of benzene rings is 2. The lowest BCUT2D eigenvalue weighted by atomic mass is 10.2. The molecule has 2 aliphatic heterocycles. The fourth-order valence-electron chi connectivity index (χ4n) is 3.47. The van der Waals surface area contributed by atoms with E-state index in [4.69, 9.17) is 4.74 Å². The quantitative estimate of drug-likeness (QED) is 0.474. The maximum absolute atomic E-state index is 12.6. The third-order valence-corrected chi connectivity index (χ3v) is 4.82. The van der Waals surface area contributed by atoms with E-state index in [2.05, 4.69) is 5.32 Å². The molecule has 2 aromatic rings. The second-order valence-corrected chi connectivity index (χ2v) is 6.49. The molecule has 0 aromatic heterocycles. The monoisotopic (exact) mass is 379 g/mol. The summed E-state index contributed by atoms with van der Waals surface area (Å²) in [5.74, 6) is -1.64. The second-order valence-electron chi connectivity index (χ2n) is 6.49. The maximum Gasteiger partial charge on any atom is 0.339 e. The van der Waals surface area contributed by atoms with Crippen LogP contribution in [0, 0.1) is 0 Å². The van der Waals surface area contributed by atoms with Crippen LogP contribution < -0.4 is 10.2 Å². The first-order chi connectivity index (χ1) is 13.5. The third kappa shape index (κ3) is 2.93. The number of piperazine rings is 1. The molecule has 0 radical (unpaired) electrons. The Morgan fingerprint density at radius 3 is 2.21 bits per heavy atom. The number of nitrogens with zero attached hydrogens (tertiary/aromatic N) is 2. The summed E-state index contributed by atoms with van der Waals surface area (Å²) in [6, 6.07) is 13.9. The summed E-state index contributed by atoms with van der Waals surface area (Å²) in [7, 11) is 1.26. The van der Waals surface area contributed by atoms with Gasteiger partial charge in [0.05, 0.1) is 30.6 Å². The van der Waals surface area contributed by atoms with Gasteiger partial charge in [0.1, 0.15) is 12.1 Å². The molecule has 0 aliphatic carbocycles. The number of hydrogen-bond acceptors (Lipinski definition) is 6. The van der Waals surface area contributed by atoms with Gasteiger partial charge in [-0.3, -0.25) is 19.3 Å². The Labute approximate surface area is 160 Å². The molecule has 0 saturated carbocycles. The molecule has 2 aliphatic rings. The topological polar surface area (TPSA) is 95.8 Å². The highest BCUT2D eigenvalue weighted by Crippen LogP contribution is 2.39. The number of ether oxygens (including phenoxy) is 1. The van der Waals surface area contributed by atoms with E-state index in [1.165, 1.54) is 7.11 Å². The summed E-state index contributed by atoms with van der Waals surface area (Å²) in [6.07, 6.45) is 0. The minimum atomic E-state index is -0.616. The van der Waals surface area contributed by atoms with Gasteiger partial charge in [-0.1, -0.05) is 30.3 Å². The van der Waals surface area contributed by atoms with Crippen molar-refractivity contribution in [1.82, 2.24) is 4.90 Å². The third-order valence-electron chi connectivity index (χ3n) is 4.82. The van der Waals surface area contributed by atoms with Crippen molar-refractivity contribution >= 4 is 35.1 Å². The van der Waals surface area contributed by atoms with Crippen LogP contribution in [-0.2, 0) is 19.1 Å². The average molecular weight is 379 g/mol. The van der Waals surface area contributed by atoms with Crippen LogP contribution in [0.15, 0.2) is 54.6 Å². The molecule has 0 bridgehead atoms. The number of hydrogen-bond donors (Lipinski definition) is 1. The predicted octanol–water partition coefficient (Wildman–Crippen LogP) is 1.04. The first kappa shape index (κ1) is 17.9. The number of fused-ring (bicyclic) bond motifs is 1. The van der Waals surface area contributed by atoms with Gasteiger partial charge in [-0.25, -0.2) is 9.69 Å². The van der Waals surface area contributed by atoms with E-state index in [1.54, 1.807) is 59.5 Å². The van der Waals surface area contributed by atoms with Gasteiger partial charge in [0.25, 0.3) is 11.8 Å². The Morgan fingerprint density at radius 2 is 1.57 bits per heavy atom. The summed E-state index contributed by atoms with van der Waals surface area (Å²) < 4.78 is 4.70. The Morgan fingerprint density at radius 1 is 0.964 bits per heavy atom. The predicted molar refractivity (Wildman–Crippen MR) is 99.6 cm³/mol. The molecule has 2 heterocycles. The van der Waals surface area contributed by atoms with Gasteiger partial charge in [0.15, 0.2) is 0 Å². The highest BCUT2D eigenvalue weighted by Gasteiger charge is 2.66. The highest BCUT2D eigenvalue weighted by molar-refractivity contribution is 6.28. The van der Waals surface area contributed by atoms with Gasteiger partial charge in [-0.2, -0.15) is 0 Å². The number of amides is 3. The van der Waals surface area contributed by atoms with E-state index in [0.717, 1.165) is 4.90 Å². The molecule has 8 nitrogen and oxygen atoms in total. The number of esters is 1. The Kier molecular flexibility index (Phi) is 4.40. The summed E-state index contributed by atoms with van der Waals surface area (Å²) in [5.41, 5.74) is 1.07. The normalized spacial score (nSPS) is 22.6. The largest absolute Gasteiger partial charge is 0.465 e. The van der Waals surface area contributed by atoms with E-state index >= 15 is 0 Å². The molecule has 0 spiro atoms. The summed E-state index contributed by atoms with van der Waals surface area (Å²) in [6.45, 7) is -0.120. The SMILES string of the molecule is COC(=O)c1ccccc1NC(=O)CN1C2C(=O)N(c3ccccc3)C(=O)C21. The molecule has 4 rings (SSSR count). The molecule has 28 heavy (non-hydrogen) atoms. The van der Waals surface area contributed by atoms with Crippen LogP contribution in [0.5, 0.6) is 0 Å². The summed E-state index contributed by atoms with van der Waals surface area (Å²) >= 11 is 0. The molecular formula is C20H17N3O5. The molecule has 142 valence electrons. The molecule has 2 unspecified atom stereocenters. The van der Waals surface area contributed by atoms with E-state index in [0.29, 0.717) is 11.4 Å². The van der Waals surface area contributed by atoms with Crippen molar-refractivity contribution in [2.45, 2.75) is 12.1 Å². The first-order valence-electron chi connectivity index (χ1n) is 8.68. The molecule has 1 N–H and O–H groups in total. The fraction of sp³-hybridized carbons (Fsp3) is 0.200. The van der Waals surface area contributed by atoms with Crippen molar-refractivity contribution in [3.63, 3.8) is 0 Å². The van der Waals surface area contributed by atoms with Crippen LogP contribution >= 0.6 is 0 Å². The molecule has 2 saturated heterocycles. The summed E-state index contributed by atoms with van der Waals surface area (Å²) in [5, 5.41) is 2.64. The zero-order valence-electron chi connectivity index (χ0n) is 15.0. The van der Waals surface area contributed by atoms with Gasteiger partial charge in [0, 0.05) is 0 Å². The van der Waals surface area contributed by atoms with Crippen LogP contribution in [0.2, 0.25) is 0 Å². The molecule has 3 amide bonds. The number of anilines is 2. The van der Waals surface area contributed by atoms with Crippen LogP contribution in [0.1, 0.15) is 10.4 Å². The van der Waals surface area contributed by atoms with Crippen molar-refractivity contribution in [1.29, 1.82) is 0 Å². The van der Waals surface area contributed by atoms with Crippen molar-refractivity contribution in [3.05, 3.63) is 60.2 Å². The van der Waals surface area contributed by atoms with E-state index in [9.17, 15) is 19.2 Å². The van der Waals surface area contributed by atoms with E-state index in [1.807, 2.05) is 0 Å². The van der Waals surface area contributed by atoms with Gasteiger partial charge in [-0.05, 0) is 24.3 Å². The minimum Gasteiger partial charge on any atom is -0.465 e. The van der Waals surface area contributed by atoms with E-state index < -0.39 is 24.0 Å². The van der Waals surface area contributed by atoms with Gasteiger partial charge < -0.3 is 10.1 Å². The number of methoxy groups -OCH3 is 1. The number of rotatable bonds is 5. The number of imide groups is 1. The van der Waals surface area contributed by atoms with E-state index in [-0.39, 0.29) is 23.9 Å². The molecule has 8 heteroatoms. The number of carbonyl (C=O) groups is 4.